The van der Waals surface area contributed by atoms with Gasteiger partial charge in [-0.2, -0.15) is 0 Å². The van der Waals surface area contributed by atoms with Gasteiger partial charge in [0, 0.05) is 18.9 Å². The lowest BCUT2D eigenvalue weighted by Gasteiger charge is -2.27. The summed E-state index contributed by atoms with van der Waals surface area (Å²) < 4.78 is 3.19. The van der Waals surface area contributed by atoms with Crippen molar-refractivity contribution in [3.8, 4) is 5.75 Å². The second-order valence-electron chi connectivity index (χ2n) is 3.19. The molecule has 0 unspecified atom stereocenters. The van der Waals surface area contributed by atoms with E-state index < -0.39 is 5.43 Å². The van der Waals surface area contributed by atoms with Crippen molar-refractivity contribution in [3.05, 3.63) is 28.2 Å². The largest absolute Gasteiger partial charge is 0.503 e. The summed E-state index contributed by atoms with van der Waals surface area (Å²) in [6.07, 6.45) is 3.12. The molecule has 1 aromatic heterocycles. The SMILES string of the molecule is CSN1CCn2cc(O)c(=O)cc2C1=O. The molecule has 2 rings (SSSR count). The van der Waals surface area contributed by atoms with Crippen molar-refractivity contribution in [2.45, 2.75) is 6.54 Å². The van der Waals surface area contributed by atoms with Crippen LogP contribution in [-0.4, -0.2) is 32.7 Å². The number of hydrogen-bond donors (Lipinski definition) is 1. The highest BCUT2D eigenvalue weighted by atomic mass is 32.2. The third-order valence-electron chi connectivity index (χ3n) is 2.32. The average Bonchev–Trinajstić information content (AvgIpc) is 2.22. The van der Waals surface area contributed by atoms with Gasteiger partial charge in [0.15, 0.2) is 5.75 Å². The Kier molecular flexibility index (Phi) is 2.44. The van der Waals surface area contributed by atoms with Gasteiger partial charge in [-0.3, -0.25) is 13.9 Å². The van der Waals surface area contributed by atoms with Crippen LogP contribution in [-0.2, 0) is 6.54 Å². The number of pyridine rings is 1. The Morgan fingerprint density at radius 1 is 1.40 bits per heavy atom. The fourth-order valence-corrected chi connectivity index (χ4v) is 2.06. The summed E-state index contributed by atoms with van der Waals surface area (Å²) in [6.45, 7) is 1.17. The molecule has 0 aromatic carbocycles. The number of hydrogen-bond acceptors (Lipinski definition) is 4. The molecule has 80 valence electrons. The zero-order valence-electron chi connectivity index (χ0n) is 8.14. The second-order valence-corrected chi connectivity index (χ2v) is 4.00. The number of carbonyl (C=O) groups is 1. The van der Waals surface area contributed by atoms with Gasteiger partial charge in [-0.1, -0.05) is 11.9 Å². The molecule has 0 spiro atoms. The molecule has 1 aliphatic rings. The van der Waals surface area contributed by atoms with Gasteiger partial charge in [0.1, 0.15) is 5.69 Å². The first-order valence-electron chi connectivity index (χ1n) is 4.43. The Bertz CT molecular complexity index is 469. The van der Waals surface area contributed by atoms with Gasteiger partial charge in [-0.25, -0.2) is 0 Å². The minimum Gasteiger partial charge on any atom is -0.503 e. The van der Waals surface area contributed by atoms with Crippen molar-refractivity contribution in [1.82, 2.24) is 8.87 Å². The van der Waals surface area contributed by atoms with Crippen LogP contribution in [0.15, 0.2) is 17.1 Å². The Morgan fingerprint density at radius 3 is 2.80 bits per heavy atom. The molecule has 0 aliphatic carbocycles. The summed E-state index contributed by atoms with van der Waals surface area (Å²) in [7, 11) is 0. The van der Waals surface area contributed by atoms with Crippen molar-refractivity contribution < 1.29 is 9.90 Å². The molecule has 1 N–H and O–H groups in total. The van der Waals surface area contributed by atoms with Gasteiger partial charge in [0.2, 0.25) is 5.43 Å². The normalized spacial score (nSPS) is 15.3. The van der Waals surface area contributed by atoms with Crippen LogP contribution >= 0.6 is 11.9 Å². The van der Waals surface area contributed by atoms with Crippen molar-refractivity contribution in [2.75, 3.05) is 12.8 Å². The van der Waals surface area contributed by atoms with Gasteiger partial charge in [-0.05, 0) is 0 Å². The molecule has 6 heteroatoms. The molecule has 0 fully saturated rings. The Hall–Kier alpha value is -1.43. The summed E-state index contributed by atoms with van der Waals surface area (Å²) in [4.78, 5) is 23.0. The smallest absolute Gasteiger partial charge is 0.280 e. The van der Waals surface area contributed by atoms with E-state index >= 15 is 0 Å². The van der Waals surface area contributed by atoms with Gasteiger partial charge < -0.3 is 9.67 Å². The summed E-state index contributed by atoms with van der Waals surface area (Å²) in [6, 6.07) is 1.18. The number of carbonyl (C=O) groups excluding carboxylic acids is 1. The van der Waals surface area contributed by atoms with Gasteiger partial charge >= 0.3 is 0 Å². The topological polar surface area (TPSA) is 62.5 Å². The predicted octanol–water partition coefficient (Wildman–Crippen LogP) is 0.288. The van der Waals surface area contributed by atoms with Crippen LogP contribution in [0, 0.1) is 0 Å². The van der Waals surface area contributed by atoms with E-state index in [0.717, 1.165) is 0 Å². The van der Waals surface area contributed by atoms with Crippen LogP contribution in [0.3, 0.4) is 0 Å². The first kappa shape index (κ1) is 10.1. The molecule has 0 radical (unpaired) electrons. The molecule has 2 heterocycles. The lowest BCUT2D eigenvalue weighted by atomic mass is 10.2. The number of amides is 1. The molecular weight excluding hydrogens is 216 g/mol. The van der Waals surface area contributed by atoms with Crippen LogP contribution < -0.4 is 5.43 Å². The summed E-state index contributed by atoms with van der Waals surface area (Å²) in [5, 5.41) is 9.22. The molecule has 0 saturated heterocycles. The van der Waals surface area contributed by atoms with E-state index in [0.29, 0.717) is 18.8 Å². The molecular formula is C9H10N2O3S. The fourth-order valence-electron chi connectivity index (χ4n) is 1.53. The number of fused-ring (bicyclic) bond motifs is 1. The van der Waals surface area contributed by atoms with Crippen LogP contribution in [0.25, 0.3) is 0 Å². The zero-order valence-corrected chi connectivity index (χ0v) is 8.95. The quantitative estimate of drug-likeness (QED) is 0.699. The summed E-state index contributed by atoms with van der Waals surface area (Å²) in [5.41, 5.74) is -0.184. The number of aromatic nitrogens is 1. The Balaban J connectivity index is 2.52. The summed E-state index contributed by atoms with van der Waals surface area (Å²) >= 11 is 1.33. The first-order valence-corrected chi connectivity index (χ1v) is 5.61. The zero-order chi connectivity index (χ0) is 11.0. The Labute approximate surface area is 90.5 Å². The van der Waals surface area contributed by atoms with E-state index in [1.165, 1.54) is 24.2 Å². The maximum atomic E-state index is 11.8. The summed E-state index contributed by atoms with van der Waals surface area (Å²) in [5.74, 6) is -0.505. The van der Waals surface area contributed by atoms with Crippen molar-refractivity contribution in [1.29, 1.82) is 0 Å². The maximum Gasteiger partial charge on any atom is 0.280 e. The molecule has 1 amide bonds. The van der Waals surface area contributed by atoms with E-state index in [1.807, 2.05) is 6.26 Å². The van der Waals surface area contributed by atoms with Crippen LogP contribution in [0.5, 0.6) is 5.75 Å². The predicted molar refractivity (Wildman–Crippen MR) is 56.9 cm³/mol. The molecule has 0 atom stereocenters. The van der Waals surface area contributed by atoms with Gasteiger partial charge in [-0.15, -0.1) is 0 Å². The highest BCUT2D eigenvalue weighted by Gasteiger charge is 2.24. The third-order valence-corrected chi connectivity index (χ3v) is 3.11. The average molecular weight is 226 g/mol. The minimum atomic E-state index is -0.516. The Morgan fingerprint density at radius 2 is 2.13 bits per heavy atom. The minimum absolute atomic E-state index is 0.189. The van der Waals surface area contributed by atoms with Crippen LogP contribution in [0.4, 0.5) is 0 Å². The van der Waals surface area contributed by atoms with E-state index in [-0.39, 0.29) is 11.7 Å². The lowest BCUT2D eigenvalue weighted by molar-refractivity contribution is 0.0834. The van der Waals surface area contributed by atoms with Crippen LogP contribution in [0.1, 0.15) is 10.5 Å². The van der Waals surface area contributed by atoms with E-state index in [4.69, 9.17) is 0 Å². The number of rotatable bonds is 1. The molecule has 1 aromatic rings. The third kappa shape index (κ3) is 1.61. The molecule has 15 heavy (non-hydrogen) atoms. The highest BCUT2D eigenvalue weighted by Crippen LogP contribution is 2.18. The molecule has 5 nitrogen and oxygen atoms in total. The number of nitrogens with zero attached hydrogens (tertiary/aromatic N) is 2. The van der Waals surface area contributed by atoms with Gasteiger partial charge in [0.05, 0.1) is 12.7 Å². The second kappa shape index (κ2) is 3.62. The maximum absolute atomic E-state index is 11.8. The van der Waals surface area contributed by atoms with Crippen molar-refractivity contribution in [2.24, 2.45) is 0 Å². The highest BCUT2D eigenvalue weighted by molar-refractivity contribution is 7.96. The first-order chi connectivity index (χ1) is 7.13. The van der Waals surface area contributed by atoms with Crippen molar-refractivity contribution in [3.63, 3.8) is 0 Å². The molecule has 0 saturated carbocycles. The lowest BCUT2D eigenvalue weighted by Crippen LogP contribution is -2.36. The van der Waals surface area contributed by atoms with E-state index in [9.17, 15) is 14.7 Å². The van der Waals surface area contributed by atoms with Crippen molar-refractivity contribution >= 4 is 17.9 Å². The standard InChI is InChI=1S/C9H10N2O3S/c1-15-11-3-2-10-5-8(13)7(12)4-6(10)9(11)14/h4-5,13H,2-3H2,1H3. The molecule has 0 bridgehead atoms. The molecule has 1 aliphatic heterocycles. The number of aromatic hydroxyl groups is 1. The fraction of sp³-hybridized carbons (Fsp3) is 0.333. The monoisotopic (exact) mass is 226 g/mol. The van der Waals surface area contributed by atoms with Crippen LogP contribution in [0.2, 0.25) is 0 Å². The van der Waals surface area contributed by atoms with Gasteiger partial charge in [0.25, 0.3) is 5.91 Å². The van der Waals surface area contributed by atoms with E-state index in [1.54, 1.807) is 8.87 Å². The van der Waals surface area contributed by atoms with E-state index in [2.05, 4.69) is 0 Å².